The van der Waals surface area contributed by atoms with Gasteiger partial charge in [0.1, 0.15) is 6.61 Å². The van der Waals surface area contributed by atoms with E-state index in [1.165, 1.54) is 28.7 Å². The Morgan fingerprint density at radius 1 is 0.944 bits per heavy atom. The van der Waals surface area contributed by atoms with Crippen molar-refractivity contribution < 1.29 is 19.1 Å². The van der Waals surface area contributed by atoms with Crippen molar-refractivity contribution in [3.05, 3.63) is 107 Å². The Labute approximate surface area is 213 Å². The SMILES string of the molecule is CCc1ccc(N(C(C)=O)c2nc(COC(=O)c3ccccc3NC(=O)c3ccccc3)cs2)cc1. The summed E-state index contributed by atoms with van der Waals surface area (Å²) in [6, 6.07) is 23.2. The first-order valence-electron chi connectivity index (χ1n) is 11.4. The van der Waals surface area contributed by atoms with E-state index >= 15 is 0 Å². The number of nitrogens with zero attached hydrogens (tertiary/aromatic N) is 2. The molecule has 182 valence electrons. The maximum atomic E-state index is 12.8. The largest absolute Gasteiger partial charge is 0.455 e. The zero-order valence-electron chi connectivity index (χ0n) is 19.9. The summed E-state index contributed by atoms with van der Waals surface area (Å²) in [5.74, 6) is -1.08. The van der Waals surface area contributed by atoms with Gasteiger partial charge >= 0.3 is 5.97 Å². The predicted molar refractivity (Wildman–Crippen MR) is 141 cm³/mol. The second-order valence-corrected chi connectivity index (χ2v) is 8.77. The fourth-order valence-electron chi connectivity index (χ4n) is 3.54. The molecule has 3 aromatic carbocycles. The molecule has 4 aromatic rings. The van der Waals surface area contributed by atoms with Crippen LogP contribution in [0.2, 0.25) is 0 Å². The number of hydrogen-bond acceptors (Lipinski definition) is 6. The van der Waals surface area contributed by atoms with E-state index in [4.69, 9.17) is 4.74 Å². The van der Waals surface area contributed by atoms with Crippen LogP contribution < -0.4 is 10.2 Å². The molecule has 0 atom stereocenters. The van der Waals surface area contributed by atoms with Crippen LogP contribution in [0.5, 0.6) is 0 Å². The van der Waals surface area contributed by atoms with Gasteiger partial charge in [-0.15, -0.1) is 11.3 Å². The standard InChI is InChI=1S/C28H25N3O4S/c1-3-20-13-15-23(16-14-20)31(19(2)32)28-29-22(18-36-28)17-35-27(34)24-11-7-8-12-25(24)30-26(33)21-9-5-4-6-10-21/h4-16,18H,3,17H2,1-2H3,(H,30,33). The van der Waals surface area contributed by atoms with Crippen LogP contribution in [-0.4, -0.2) is 22.8 Å². The molecule has 0 saturated heterocycles. The molecule has 7 nitrogen and oxygen atoms in total. The van der Waals surface area contributed by atoms with E-state index in [0.717, 1.165) is 12.1 Å². The number of ether oxygens (including phenoxy) is 1. The summed E-state index contributed by atoms with van der Waals surface area (Å²) in [6.45, 7) is 3.48. The van der Waals surface area contributed by atoms with Crippen LogP contribution in [0.25, 0.3) is 0 Å². The van der Waals surface area contributed by atoms with Crippen LogP contribution in [0.4, 0.5) is 16.5 Å². The number of para-hydroxylation sites is 1. The van der Waals surface area contributed by atoms with Crippen molar-refractivity contribution in [1.29, 1.82) is 0 Å². The van der Waals surface area contributed by atoms with Crippen LogP contribution in [0, 0.1) is 0 Å². The average molecular weight is 500 g/mol. The van der Waals surface area contributed by atoms with Crippen molar-refractivity contribution in [2.75, 3.05) is 10.2 Å². The number of carbonyl (C=O) groups excluding carboxylic acids is 3. The molecule has 0 fully saturated rings. The Hall–Kier alpha value is -4.30. The van der Waals surface area contributed by atoms with Gasteiger partial charge in [0.05, 0.1) is 22.6 Å². The number of carbonyl (C=O) groups is 3. The van der Waals surface area contributed by atoms with E-state index in [1.807, 2.05) is 30.3 Å². The van der Waals surface area contributed by atoms with Crippen molar-refractivity contribution in [3.63, 3.8) is 0 Å². The highest BCUT2D eigenvalue weighted by atomic mass is 32.1. The Morgan fingerprint density at radius 2 is 1.64 bits per heavy atom. The van der Waals surface area contributed by atoms with E-state index in [1.54, 1.807) is 53.9 Å². The Kier molecular flexibility index (Phi) is 7.87. The van der Waals surface area contributed by atoms with Gasteiger partial charge in [-0.1, -0.05) is 49.4 Å². The van der Waals surface area contributed by atoms with Crippen molar-refractivity contribution in [2.24, 2.45) is 0 Å². The third-order valence-electron chi connectivity index (χ3n) is 5.43. The predicted octanol–water partition coefficient (Wildman–Crippen LogP) is 6.00. The van der Waals surface area contributed by atoms with Gasteiger partial charge < -0.3 is 10.1 Å². The normalized spacial score (nSPS) is 10.5. The highest BCUT2D eigenvalue weighted by molar-refractivity contribution is 7.14. The molecule has 0 spiro atoms. The number of thiazole rings is 1. The van der Waals surface area contributed by atoms with E-state index in [0.29, 0.717) is 22.1 Å². The lowest BCUT2D eigenvalue weighted by atomic mass is 10.1. The van der Waals surface area contributed by atoms with Crippen LogP contribution in [0.1, 0.15) is 45.8 Å². The summed E-state index contributed by atoms with van der Waals surface area (Å²) in [4.78, 5) is 43.8. The third kappa shape index (κ3) is 5.84. The second-order valence-electron chi connectivity index (χ2n) is 7.94. The average Bonchev–Trinajstić information content (AvgIpc) is 3.36. The molecule has 1 N–H and O–H groups in total. The van der Waals surface area contributed by atoms with E-state index in [2.05, 4.69) is 17.2 Å². The molecule has 0 aliphatic heterocycles. The lowest BCUT2D eigenvalue weighted by Crippen LogP contribution is -2.22. The molecule has 1 heterocycles. The number of anilines is 3. The highest BCUT2D eigenvalue weighted by Crippen LogP contribution is 2.29. The fraction of sp³-hybridized carbons (Fsp3) is 0.143. The Balaban J connectivity index is 1.44. The monoisotopic (exact) mass is 499 g/mol. The fourth-order valence-corrected chi connectivity index (χ4v) is 4.42. The van der Waals surface area contributed by atoms with E-state index in [-0.39, 0.29) is 24.0 Å². The number of benzene rings is 3. The number of rotatable bonds is 8. The lowest BCUT2D eigenvalue weighted by molar-refractivity contribution is -0.115. The highest BCUT2D eigenvalue weighted by Gasteiger charge is 2.20. The summed E-state index contributed by atoms with van der Waals surface area (Å²) in [5, 5.41) is 5.01. The molecule has 0 aliphatic carbocycles. The quantitative estimate of drug-likeness (QED) is 0.301. The van der Waals surface area contributed by atoms with Gasteiger partial charge in [0.15, 0.2) is 5.13 Å². The molecular weight excluding hydrogens is 474 g/mol. The summed E-state index contributed by atoms with van der Waals surface area (Å²) in [6.07, 6.45) is 0.909. The smallest absolute Gasteiger partial charge is 0.340 e. The van der Waals surface area contributed by atoms with Crippen LogP contribution in [0.3, 0.4) is 0 Å². The van der Waals surface area contributed by atoms with Crippen molar-refractivity contribution in [3.8, 4) is 0 Å². The summed E-state index contributed by atoms with van der Waals surface area (Å²) < 4.78 is 5.48. The molecule has 0 bridgehead atoms. The zero-order chi connectivity index (χ0) is 25.5. The van der Waals surface area contributed by atoms with Crippen molar-refractivity contribution >= 4 is 45.6 Å². The Bertz CT molecular complexity index is 1370. The number of aryl methyl sites for hydroxylation is 1. The van der Waals surface area contributed by atoms with Gasteiger partial charge in [-0.3, -0.25) is 14.5 Å². The summed E-state index contributed by atoms with van der Waals surface area (Å²) in [7, 11) is 0. The zero-order valence-corrected chi connectivity index (χ0v) is 20.7. The number of amides is 2. The second kappa shape index (κ2) is 11.4. The number of esters is 1. The van der Waals surface area contributed by atoms with Crippen molar-refractivity contribution in [1.82, 2.24) is 4.98 Å². The molecule has 0 saturated carbocycles. The maximum absolute atomic E-state index is 12.8. The molecule has 2 amide bonds. The Morgan fingerprint density at radius 3 is 2.33 bits per heavy atom. The maximum Gasteiger partial charge on any atom is 0.340 e. The molecular formula is C28H25N3O4S. The topological polar surface area (TPSA) is 88.6 Å². The van der Waals surface area contributed by atoms with Crippen LogP contribution in [-0.2, 0) is 22.6 Å². The number of hydrogen-bond donors (Lipinski definition) is 1. The molecule has 0 radical (unpaired) electrons. The molecule has 8 heteroatoms. The van der Waals surface area contributed by atoms with Gasteiger partial charge in [0.2, 0.25) is 5.91 Å². The summed E-state index contributed by atoms with van der Waals surface area (Å²) >= 11 is 1.29. The minimum Gasteiger partial charge on any atom is -0.455 e. The molecule has 1 aromatic heterocycles. The number of aromatic nitrogens is 1. The first kappa shape index (κ1) is 24.8. The first-order valence-corrected chi connectivity index (χ1v) is 12.3. The van der Waals surface area contributed by atoms with Gasteiger partial charge in [0.25, 0.3) is 5.91 Å². The third-order valence-corrected chi connectivity index (χ3v) is 6.31. The van der Waals surface area contributed by atoms with Crippen LogP contribution in [0.15, 0.2) is 84.2 Å². The molecule has 0 aliphatic rings. The minimum absolute atomic E-state index is 0.0726. The van der Waals surface area contributed by atoms with Gasteiger partial charge in [-0.25, -0.2) is 9.78 Å². The van der Waals surface area contributed by atoms with Crippen LogP contribution >= 0.6 is 11.3 Å². The van der Waals surface area contributed by atoms with Crippen molar-refractivity contribution in [2.45, 2.75) is 26.9 Å². The first-order chi connectivity index (χ1) is 17.5. The summed E-state index contributed by atoms with van der Waals surface area (Å²) in [5.41, 5.74) is 3.49. The molecule has 4 rings (SSSR count). The van der Waals surface area contributed by atoms with Gasteiger partial charge in [-0.2, -0.15) is 0 Å². The van der Waals surface area contributed by atoms with Gasteiger partial charge in [-0.05, 0) is 48.4 Å². The van der Waals surface area contributed by atoms with E-state index < -0.39 is 5.97 Å². The minimum atomic E-state index is -0.591. The number of nitrogens with one attached hydrogen (secondary N) is 1. The lowest BCUT2D eigenvalue weighted by Gasteiger charge is -2.18. The van der Waals surface area contributed by atoms with E-state index in [9.17, 15) is 14.4 Å². The van der Waals surface area contributed by atoms with Gasteiger partial charge in [0, 0.05) is 17.9 Å². The molecule has 36 heavy (non-hydrogen) atoms. The molecule has 0 unspecified atom stereocenters.